The van der Waals surface area contributed by atoms with E-state index in [4.69, 9.17) is 4.74 Å². The van der Waals surface area contributed by atoms with Crippen molar-refractivity contribution in [2.75, 3.05) is 26.7 Å². The summed E-state index contributed by atoms with van der Waals surface area (Å²) in [6, 6.07) is 5.29. The second kappa shape index (κ2) is 8.11. The fraction of sp³-hybridized carbons (Fsp3) is 0.462. The number of amides is 1. The highest BCUT2D eigenvalue weighted by Gasteiger charge is 2.07. The van der Waals surface area contributed by atoms with E-state index in [-0.39, 0.29) is 5.91 Å². The first-order chi connectivity index (χ1) is 8.69. The van der Waals surface area contributed by atoms with E-state index in [1.165, 1.54) is 0 Å². The molecule has 0 fully saturated rings. The van der Waals surface area contributed by atoms with Gasteiger partial charge in [-0.3, -0.25) is 4.79 Å². The summed E-state index contributed by atoms with van der Waals surface area (Å²) in [6.07, 6.45) is 0.927. The molecule has 0 spiro atoms. The molecule has 1 rings (SSSR count). The van der Waals surface area contributed by atoms with Gasteiger partial charge in [0.2, 0.25) is 0 Å². The molecule has 0 saturated heterocycles. The normalized spacial score (nSPS) is 10.2. The van der Waals surface area contributed by atoms with Crippen LogP contribution < -0.4 is 15.4 Å². The number of carbonyl (C=O) groups excluding carboxylic acids is 1. The standard InChI is InChI=1S/C13H19BrN2O2/c1-3-15-7-4-8-16-13(17)10-5-6-12(18-2)11(14)9-10/h5-6,9,15H,3-4,7-8H2,1-2H3,(H,16,17). The van der Waals surface area contributed by atoms with Gasteiger partial charge in [0, 0.05) is 12.1 Å². The van der Waals surface area contributed by atoms with Crippen LogP contribution >= 0.6 is 15.9 Å². The van der Waals surface area contributed by atoms with Crippen molar-refractivity contribution in [3.05, 3.63) is 28.2 Å². The highest BCUT2D eigenvalue weighted by molar-refractivity contribution is 9.10. The summed E-state index contributed by atoms with van der Waals surface area (Å²) >= 11 is 3.36. The van der Waals surface area contributed by atoms with Crippen molar-refractivity contribution < 1.29 is 9.53 Å². The van der Waals surface area contributed by atoms with Gasteiger partial charge in [0.05, 0.1) is 11.6 Å². The topological polar surface area (TPSA) is 50.4 Å². The first kappa shape index (κ1) is 15.0. The minimum atomic E-state index is -0.0603. The van der Waals surface area contributed by atoms with Crippen molar-refractivity contribution >= 4 is 21.8 Å². The van der Waals surface area contributed by atoms with Gasteiger partial charge in [-0.1, -0.05) is 6.92 Å². The molecule has 5 heteroatoms. The van der Waals surface area contributed by atoms with Gasteiger partial charge in [-0.05, 0) is 53.6 Å². The molecule has 0 aliphatic heterocycles. The number of hydrogen-bond donors (Lipinski definition) is 2. The second-order valence-electron chi connectivity index (χ2n) is 3.81. The number of ether oxygens (including phenoxy) is 1. The summed E-state index contributed by atoms with van der Waals surface area (Å²) < 4.78 is 5.90. The molecule has 0 radical (unpaired) electrons. The van der Waals surface area contributed by atoms with Crippen LogP contribution in [-0.4, -0.2) is 32.7 Å². The molecular weight excluding hydrogens is 296 g/mol. The summed E-state index contributed by atoms with van der Waals surface area (Å²) in [4.78, 5) is 11.8. The Bertz CT molecular complexity index is 397. The lowest BCUT2D eigenvalue weighted by molar-refractivity contribution is 0.0953. The summed E-state index contributed by atoms with van der Waals surface area (Å²) in [5.41, 5.74) is 0.631. The zero-order valence-corrected chi connectivity index (χ0v) is 12.3. The summed E-state index contributed by atoms with van der Waals surface area (Å²) in [5, 5.41) is 6.09. The molecule has 0 aliphatic carbocycles. The van der Waals surface area contributed by atoms with E-state index in [0.29, 0.717) is 12.1 Å². The maximum atomic E-state index is 11.8. The Morgan fingerprint density at radius 1 is 1.39 bits per heavy atom. The van der Waals surface area contributed by atoms with Gasteiger partial charge >= 0.3 is 0 Å². The van der Waals surface area contributed by atoms with Crippen LogP contribution in [0.25, 0.3) is 0 Å². The van der Waals surface area contributed by atoms with E-state index in [2.05, 4.69) is 33.5 Å². The monoisotopic (exact) mass is 314 g/mol. The zero-order chi connectivity index (χ0) is 13.4. The van der Waals surface area contributed by atoms with Crippen molar-refractivity contribution in [1.29, 1.82) is 0 Å². The molecule has 0 bridgehead atoms. The lowest BCUT2D eigenvalue weighted by Gasteiger charge is -2.08. The zero-order valence-electron chi connectivity index (χ0n) is 10.8. The quantitative estimate of drug-likeness (QED) is 0.758. The first-order valence-corrected chi connectivity index (χ1v) is 6.80. The Hall–Kier alpha value is -1.07. The maximum Gasteiger partial charge on any atom is 0.251 e. The Morgan fingerprint density at radius 3 is 2.78 bits per heavy atom. The highest BCUT2D eigenvalue weighted by atomic mass is 79.9. The summed E-state index contributed by atoms with van der Waals surface area (Å²) in [6.45, 7) is 4.62. The fourth-order valence-electron chi connectivity index (χ4n) is 1.50. The van der Waals surface area contributed by atoms with E-state index < -0.39 is 0 Å². The third kappa shape index (κ3) is 4.66. The number of halogens is 1. The lowest BCUT2D eigenvalue weighted by atomic mass is 10.2. The van der Waals surface area contributed by atoms with Crippen molar-refractivity contribution in [1.82, 2.24) is 10.6 Å². The average molecular weight is 315 g/mol. The van der Waals surface area contributed by atoms with Gasteiger partial charge in [0.1, 0.15) is 5.75 Å². The highest BCUT2D eigenvalue weighted by Crippen LogP contribution is 2.25. The Kier molecular flexibility index (Phi) is 6.75. The molecule has 0 saturated carbocycles. The van der Waals surface area contributed by atoms with Gasteiger partial charge in [-0.2, -0.15) is 0 Å². The molecule has 1 aromatic carbocycles. The Labute approximate surface area is 116 Å². The number of nitrogens with one attached hydrogen (secondary N) is 2. The van der Waals surface area contributed by atoms with Gasteiger partial charge in [-0.15, -0.1) is 0 Å². The Balaban J connectivity index is 2.44. The number of benzene rings is 1. The molecule has 0 unspecified atom stereocenters. The minimum Gasteiger partial charge on any atom is -0.496 e. The van der Waals surface area contributed by atoms with Crippen LogP contribution in [0.1, 0.15) is 23.7 Å². The van der Waals surface area contributed by atoms with E-state index in [1.807, 2.05) is 0 Å². The average Bonchev–Trinajstić information content (AvgIpc) is 2.38. The smallest absolute Gasteiger partial charge is 0.251 e. The molecule has 2 N–H and O–H groups in total. The second-order valence-corrected chi connectivity index (χ2v) is 4.67. The van der Waals surface area contributed by atoms with Crippen molar-refractivity contribution in [2.45, 2.75) is 13.3 Å². The molecular formula is C13H19BrN2O2. The van der Waals surface area contributed by atoms with Crippen LogP contribution in [0.5, 0.6) is 5.75 Å². The number of carbonyl (C=O) groups is 1. The molecule has 4 nitrogen and oxygen atoms in total. The van der Waals surface area contributed by atoms with Gasteiger partial charge in [0.15, 0.2) is 0 Å². The van der Waals surface area contributed by atoms with Gasteiger partial charge < -0.3 is 15.4 Å². The molecule has 100 valence electrons. The number of hydrogen-bond acceptors (Lipinski definition) is 3. The van der Waals surface area contributed by atoms with Crippen molar-refractivity contribution in [3.8, 4) is 5.75 Å². The van der Waals surface area contributed by atoms with Crippen LogP contribution in [0.15, 0.2) is 22.7 Å². The molecule has 1 amide bonds. The minimum absolute atomic E-state index is 0.0603. The maximum absolute atomic E-state index is 11.8. The predicted octanol–water partition coefficient (Wildman–Crippen LogP) is 2.19. The van der Waals surface area contributed by atoms with Crippen molar-refractivity contribution in [3.63, 3.8) is 0 Å². The van der Waals surface area contributed by atoms with Crippen LogP contribution in [0.2, 0.25) is 0 Å². The van der Waals surface area contributed by atoms with Crippen LogP contribution in [0.3, 0.4) is 0 Å². The molecule has 0 aromatic heterocycles. The lowest BCUT2D eigenvalue weighted by Crippen LogP contribution is -2.27. The Morgan fingerprint density at radius 2 is 2.17 bits per heavy atom. The van der Waals surface area contributed by atoms with E-state index in [0.717, 1.165) is 29.7 Å². The fourth-order valence-corrected chi connectivity index (χ4v) is 2.04. The van der Waals surface area contributed by atoms with Gasteiger partial charge in [0.25, 0.3) is 5.91 Å². The summed E-state index contributed by atoms with van der Waals surface area (Å²) in [5.74, 6) is 0.661. The molecule has 0 aliphatic rings. The molecule has 18 heavy (non-hydrogen) atoms. The molecule has 0 heterocycles. The van der Waals surface area contributed by atoms with Gasteiger partial charge in [-0.25, -0.2) is 0 Å². The third-order valence-corrected chi connectivity index (χ3v) is 3.10. The number of rotatable bonds is 7. The number of methoxy groups -OCH3 is 1. The van der Waals surface area contributed by atoms with E-state index in [1.54, 1.807) is 25.3 Å². The largest absolute Gasteiger partial charge is 0.496 e. The molecule has 1 aromatic rings. The van der Waals surface area contributed by atoms with Crippen LogP contribution in [0, 0.1) is 0 Å². The third-order valence-electron chi connectivity index (χ3n) is 2.48. The summed E-state index contributed by atoms with van der Waals surface area (Å²) in [7, 11) is 1.60. The van der Waals surface area contributed by atoms with Crippen molar-refractivity contribution in [2.24, 2.45) is 0 Å². The van der Waals surface area contributed by atoms with Crippen LogP contribution in [0.4, 0.5) is 0 Å². The van der Waals surface area contributed by atoms with E-state index >= 15 is 0 Å². The predicted molar refractivity (Wildman–Crippen MR) is 76.2 cm³/mol. The van der Waals surface area contributed by atoms with E-state index in [9.17, 15) is 4.79 Å². The molecule has 0 atom stereocenters. The van der Waals surface area contributed by atoms with Crippen LogP contribution in [-0.2, 0) is 0 Å². The first-order valence-electron chi connectivity index (χ1n) is 6.01. The SMILES string of the molecule is CCNCCCNC(=O)c1ccc(OC)c(Br)c1.